The maximum absolute atomic E-state index is 13.6. The summed E-state index contributed by atoms with van der Waals surface area (Å²) in [6, 6.07) is 3.02. The normalized spacial score (nSPS) is 26.0. The van der Waals surface area contributed by atoms with Crippen molar-refractivity contribution in [3.8, 4) is 0 Å². The number of nitrogens with zero attached hydrogens (tertiary/aromatic N) is 1. The first-order chi connectivity index (χ1) is 10.0. The summed E-state index contributed by atoms with van der Waals surface area (Å²) in [7, 11) is 0. The average Bonchev–Trinajstić information content (AvgIpc) is 2.83. The van der Waals surface area contributed by atoms with Crippen LogP contribution in [-0.2, 0) is 0 Å². The summed E-state index contributed by atoms with van der Waals surface area (Å²) in [4.78, 5) is 19.2. The van der Waals surface area contributed by atoms with Crippen LogP contribution in [-0.4, -0.2) is 21.9 Å². The molecule has 1 amide bonds. The van der Waals surface area contributed by atoms with Crippen LogP contribution in [0.5, 0.6) is 0 Å². The molecule has 4 nitrogen and oxygen atoms in total. The zero-order chi connectivity index (χ0) is 15.0. The lowest BCUT2D eigenvalue weighted by atomic mass is 9.80. The number of carbonyl (C=O) groups is 1. The highest BCUT2D eigenvalue weighted by Crippen LogP contribution is 2.28. The summed E-state index contributed by atoms with van der Waals surface area (Å²) in [5.74, 6) is 0.704. The lowest BCUT2D eigenvalue weighted by molar-refractivity contribution is 0.0907. The van der Waals surface area contributed by atoms with E-state index in [1.165, 1.54) is 24.8 Å². The number of aromatic amines is 1. The highest BCUT2D eigenvalue weighted by Gasteiger charge is 2.25. The van der Waals surface area contributed by atoms with E-state index in [1.807, 2.05) is 0 Å². The Bertz CT molecular complexity index is 657. The predicted molar refractivity (Wildman–Crippen MR) is 79.5 cm³/mol. The van der Waals surface area contributed by atoms with Crippen LogP contribution < -0.4 is 5.32 Å². The number of hydrogen-bond donors (Lipinski definition) is 2. The van der Waals surface area contributed by atoms with E-state index in [0.717, 1.165) is 12.8 Å². The lowest BCUT2D eigenvalue weighted by Gasteiger charge is -2.31. The maximum Gasteiger partial charge on any atom is 0.267 e. The summed E-state index contributed by atoms with van der Waals surface area (Å²) in [5.41, 5.74) is 0.777. The second-order valence-corrected chi connectivity index (χ2v) is 6.33. The van der Waals surface area contributed by atoms with Gasteiger partial charge < -0.3 is 10.3 Å². The minimum atomic E-state index is -0.366. The van der Waals surface area contributed by atoms with Gasteiger partial charge in [-0.1, -0.05) is 13.8 Å². The van der Waals surface area contributed by atoms with E-state index in [2.05, 4.69) is 29.1 Å². The SMILES string of the molecule is CC1CC(C)CC(NC(=O)c2cc3c(F)ccnc3[nH]2)C1. The molecule has 5 heteroatoms. The van der Waals surface area contributed by atoms with Gasteiger partial charge in [0.2, 0.25) is 0 Å². The first-order valence-electron chi connectivity index (χ1n) is 7.47. The standard InChI is InChI=1S/C16H20FN3O/c1-9-5-10(2)7-11(6-9)19-16(21)14-8-12-13(17)3-4-18-15(12)20-14/h3-4,8-11H,5-7H2,1-2H3,(H,18,20)(H,19,21). The average molecular weight is 289 g/mol. The van der Waals surface area contributed by atoms with E-state index in [4.69, 9.17) is 0 Å². The number of amides is 1. The molecule has 2 atom stereocenters. The Morgan fingerprint density at radius 1 is 1.33 bits per heavy atom. The van der Waals surface area contributed by atoms with Crippen LogP contribution in [0.25, 0.3) is 11.0 Å². The fourth-order valence-corrected chi connectivity index (χ4v) is 3.44. The number of nitrogens with one attached hydrogen (secondary N) is 2. The molecule has 2 unspecified atom stereocenters. The van der Waals surface area contributed by atoms with Gasteiger partial charge >= 0.3 is 0 Å². The number of hydrogen-bond acceptors (Lipinski definition) is 2. The molecule has 0 saturated heterocycles. The molecule has 1 aliphatic carbocycles. The third-order valence-electron chi connectivity index (χ3n) is 4.24. The lowest BCUT2D eigenvalue weighted by Crippen LogP contribution is -2.40. The Balaban J connectivity index is 1.76. The molecule has 1 saturated carbocycles. The zero-order valence-electron chi connectivity index (χ0n) is 12.3. The van der Waals surface area contributed by atoms with Gasteiger partial charge in [0.15, 0.2) is 0 Å². The highest BCUT2D eigenvalue weighted by atomic mass is 19.1. The van der Waals surface area contributed by atoms with E-state index in [-0.39, 0.29) is 17.8 Å². The zero-order valence-corrected chi connectivity index (χ0v) is 12.3. The fourth-order valence-electron chi connectivity index (χ4n) is 3.44. The number of halogens is 1. The van der Waals surface area contributed by atoms with Gasteiger partial charge in [-0.05, 0) is 43.2 Å². The molecule has 1 aliphatic rings. The van der Waals surface area contributed by atoms with Crippen LogP contribution >= 0.6 is 0 Å². The van der Waals surface area contributed by atoms with Crippen LogP contribution in [0.2, 0.25) is 0 Å². The van der Waals surface area contributed by atoms with Gasteiger partial charge in [0, 0.05) is 12.2 Å². The van der Waals surface area contributed by atoms with E-state index in [9.17, 15) is 9.18 Å². The van der Waals surface area contributed by atoms with Gasteiger partial charge in [-0.3, -0.25) is 4.79 Å². The molecule has 2 aromatic rings. The molecule has 21 heavy (non-hydrogen) atoms. The molecule has 2 N–H and O–H groups in total. The van der Waals surface area contributed by atoms with E-state index < -0.39 is 0 Å². The van der Waals surface area contributed by atoms with Crippen molar-refractivity contribution >= 4 is 16.9 Å². The second kappa shape index (κ2) is 5.47. The Morgan fingerprint density at radius 2 is 2.05 bits per heavy atom. The van der Waals surface area contributed by atoms with Gasteiger partial charge in [0.1, 0.15) is 17.2 Å². The largest absolute Gasteiger partial charge is 0.348 e. The van der Waals surface area contributed by atoms with Gasteiger partial charge in [-0.15, -0.1) is 0 Å². The number of carbonyl (C=O) groups excluding carboxylic acids is 1. The third kappa shape index (κ3) is 2.91. The second-order valence-electron chi connectivity index (χ2n) is 6.33. The molecular weight excluding hydrogens is 269 g/mol. The van der Waals surface area contributed by atoms with Crippen LogP contribution in [0.15, 0.2) is 18.3 Å². The van der Waals surface area contributed by atoms with E-state index in [0.29, 0.717) is 28.6 Å². The Hall–Kier alpha value is -1.91. The van der Waals surface area contributed by atoms with Crippen LogP contribution in [0, 0.1) is 17.7 Å². The number of fused-ring (bicyclic) bond motifs is 1. The van der Waals surface area contributed by atoms with Crippen molar-refractivity contribution < 1.29 is 9.18 Å². The molecule has 0 radical (unpaired) electrons. The van der Waals surface area contributed by atoms with Crippen LogP contribution in [0.1, 0.15) is 43.6 Å². The Morgan fingerprint density at radius 3 is 2.71 bits per heavy atom. The smallest absolute Gasteiger partial charge is 0.267 e. The Labute approximate surface area is 123 Å². The van der Waals surface area contributed by atoms with Crippen molar-refractivity contribution in [2.45, 2.75) is 39.2 Å². The van der Waals surface area contributed by atoms with Crippen molar-refractivity contribution in [2.24, 2.45) is 11.8 Å². The molecule has 0 aromatic carbocycles. The summed E-state index contributed by atoms with van der Waals surface area (Å²) in [6.45, 7) is 4.44. The maximum atomic E-state index is 13.6. The van der Waals surface area contributed by atoms with Crippen molar-refractivity contribution in [3.63, 3.8) is 0 Å². The van der Waals surface area contributed by atoms with Crippen molar-refractivity contribution in [3.05, 3.63) is 29.8 Å². The van der Waals surface area contributed by atoms with Gasteiger partial charge in [0.25, 0.3) is 5.91 Å². The highest BCUT2D eigenvalue weighted by molar-refractivity contribution is 5.97. The minimum absolute atomic E-state index is 0.182. The summed E-state index contributed by atoms with van der Waals surface area (Å²) >= 11 is 0. The molecule has 0 aliphatic heterocycles. The number of aromatic nitrogens is 2. The van der Waals surface area contributed by atoms with Crippen molar-refractivity contribution in [1.29, 1.82) is 0 Å². The first-order valence-corrected chi connectivity index (χ1v) is 7.47. The quantitative estimate of drug-likeness (QED) is 0.891. The summed E-state index contributed by atoms with van der Waals surface area (Å²) in [5, 5.41) is 3.41. The summed E-state index contributed by atoms with van der Waals surface area (Å²) < 4.78 is 13.6. The van der Waals surface area contributed by atoms with Crippen LogP contribution in [0.4, 0.5) is 4.39 Å². The monoisotopic (exact) mass is 289 g/mol. The van der Waals surface area contributed by atoms with Gasteiger partial charge in [-0.25, -0.2) is 9.37 Å². The topological polar surface area (TPSA) is 57.8 Å². The molecule has 2 heterocycles. The first kappa shape index (κ1) is 14.0. The number of rotatable bonds is 2. The van der Waals surface area contributed by atoms with E-state index in [1.54, 1.807) is 0 Å². The fraction of sp³-hybridized carbons (Fsp3) is 0.500. The summed E-state index contributed by atoms with van der Waals surface area (Å²) in [6.07, 6.45) is 4.61. The molecule has 1 fully saturated rings. The Kier molecular flexibility index (Phi) is 3.66. The van der Waals surface area contributed by atoms with Crippen molar-refractivity contribution in [1.82, 2.24) is 15.3 Å². The van der Waals surface area contributed by atoms with Gasteiger partial charge in [0.05, 0.1) is 5.39 Å². The molecular formula is C16H20FN3O. The third-order valence-corrected chi connectivity index (χ3v) is 4.24. The van der Waals surface area contributed by atoms with E-state index >= 15 is 0 Å². The molecule has 3 rings (SSSR count). The number of H-pyrrole nitrogens is 1. The molecule has 112 valence electrons. The molecule has 0 spiro atoms. The predicted octanol–water partition coefficient (Wildman–Crippen LogP) is 3.26. The molecule has 0 bridgehead atoms. The number of pyridine rings is 1. The minimum Gasteiger partial charge on any atom is -0.348 e. The van der Waals surface area contributed by atoms with Gasteiger partial charge in [-0.2, -0.15) is 0 Å². The molecule has 2 aromatic heterocycles. The van der Waals surface area contributed by atoms with Crippen LogP contribution in [0.3, 0.4) is 0 Å². The van der Waals surface area contributed by atoms with Crippen molar-refractivity contribution in [2.75, 3.05) is 0 Å².